The largest absolute Gasteiger partial charge is 0.493 e. The molecule has 1 heterocycles. The van der Waals surface area contributed by atoms with E-state index in [0.717, 1.165) is 22.2 Å². The summed E-state index contributed by atoms with van der Waals surface area (Å²) in [4.78, 5) is 20.3. The van der Waals surface area contributed by atoms with Gasteiger partial charge >= 0.3 is 0 Å². The van der Waals surface area contributed by atoms with Gasteiger partial charge in [-0.05, 0) is 35.4 Å². The molecule has 0 spiro atoms. The minimum atomic E-state index is -0.119. The average molecular weight is 352 g/mol. The fourth-order valence-electron chi connectivity index (χ4n) is 2.55. The monoisotopic (exact) mass is 352 g/mol. The van der Waals surface area contributed by atoms with E-state index in [4.69, 9.17) is 9.47 Å². The maximum absolute atomic E-state index is 11.4. The van der Waals surface area contributed by atoms with Gasteiger partial charge < -0.3 is 20.1 Å². The molecule has 0 aliphatic rings. The first-order valence-corrected chi connectivity index (χ1v) is 8.08. The van der Waals surface area contributed by atoms with Crippen LogP contribution in [0, 0.1) is 0 Å². The minimum absolute atomic E-state index is 0.119. The molecule has 0 saturated heterocycles. The van der Waals surface area contributed by atoms with Crippen molar-refractivity contribution in [3.05, 3.63) is 42.6 Å². The Morgan fingerprint density at radius 1 is 1.00 bits per heavy atom. The molecule has 0 aliphatic carbocycles. The van der Waals surface area contributed by atoms with Gasteiger partial charge in [0.1, 0.15) is 5.82 Å². The van der Waals surface area contributed by atoms with Crippen molar-refractivity contribution in [1.82, 2.24) is 15.3 Å². The van der Waals surface area contributed by atoms with Crippen molar-refractivity contribution in [2.45, 2.75) is 0 Å². The van der Waals surface area contributed by atoms with Gasteiger partial charge in [0, 0.05) is 7.05 Å². The molecule has 3 aromatic rings. The van der Waals surface area contributed by atoms with Gasteiger partial charge in [-0.15, -0.1) is 0 Å². The first kappa shape index (κ1) is 17.5. The number of anilines is 1. The van der Waals surface area contributed by atoms with E-state index in [1.807, 2.05) is 36.4 Å². The lowest BCUT2D eigenvalue weighted by molar-refractivity contribution is -0.118. The Labute approximate surface area is 151 Å². The van der Waals surface area contributed by atoms with Crippen molar-refractivity contribution in [1.29, 1.82) is 0 Å². The number of hydrogen-bond acceptors (Lipinski definition) is 6. The number of fused-ring (bicyclic) bond motifs is 1. The summed E-state index contributed by atoms with van der Waals surface area (Å²) in [7, 11) is 4.81. The number of rotatable bonds is 6. The fourth-order valence-corrected chi connectivity index (χ4v) is 2.55. The lowest BCUT2D eigenvalue weighted by Gasteiger charge is -2.10. The van der Waals surface area contributed by atoms with Crippen molar-refractivity contribution < 1.29 is 14.3 Å². The zero-order chi connectivity index (χ0) is 18.5. The number of nitrogens with zero attached hydrogens (tertiary/aromatic N) is 2. The van der Waals surface area contributed by atoms with Gasteiger partial charge in [0.2, 0.25) is 5.91 Å². The number of methoxy groups -OCH3 is 2. The number of benzene rings is 2. The van der Waals surface area contributed by atoms with E-state index < -0.39 is 0 Å². The first-order chi connectivity index (χ1) is 12.6. The fraction of sp³-hybridized carbons (Fsp3) is 0.211. The molecule has 7 nitrogen and oxygen atoms in total. The lowest BCUT2D eigenvalue weighted by atomic mass is 10.0. The Bertz CT molecular complexity index is 943. The van der Waals surface area contributed by atoms with Crippen molar-refractivity contribution in [3.8, 4) is 22.6 Å². The number of nitrogens with one attached hydrogen (secondary N) is 2. The van der Waals surface area contributed by atoms with Crippen LogP contribution >= 0.6 is 0 Å². The summed E-state index contributed by atoms with van der Waals surface area (Å²) in [6.07, 6.45) is 1.61. The van der Waals surface area contributed by atoms with Crippen LogP contribution < -0.4 is 20.1 Å². The molecular weight excluding hydrogens is 332 g/mol. The Hall–Kier alpha value is -3.35. The standard InChI is InChI=1S/C19H20N4O3/c1-20-19(24)11-22-18-10-21-14-6-4-12(8-15(14)23-18)13-5-7-16(25-2)17(9-13)26-3/h4-10H,11H2,1-3H3,(H,20,24)(H,22,23). The van der Waals surface area contributed by atoms with E-state index >= 15 is 0 Å². The molecule has 26 heavy (non-hydrogen) atoms. The smallest absolute Gasteiger partial charge is 0.239 e. The summed E-state index contributed by atoms with van der Waals surface area (Å²) in [5.41, 5.74) is 3.48. The number of likely N-dealkylation sites (N-methyl/N-ethyl adjacent to an activating group) is 1. The van der Waals surface area contributed by atoms with E-state index in [1.54, 1.807) is 27.5 Å². The molecule has 0 bridgehead atoms. The number of ether oxygens (including phenoxy) is 2. The Morgan fingerprint density at radius 3 is 2.46 bits per heavy atom. The predicted octanol–water partition coefficient (Wildman–Crippen LogP) is 2.47. The average Bonchev–Trinajstić information content (AvgIpc) is 2.70. The zero-order valence-electron chi connectivity index (χ0n) is 14.9. The summed E-state index contributed by atoms with van der Waals surface area (Å²) < 4.78 is 10.6. The van der Waals surface area contributed by atoms with Gasteiger partial charge in [-0.1, -0.05) is 12.1 Å². The summed E-state index contributed by atoms with van der Waals surface area (Å²) in [5.74, 6) is 1.77. The molecule has 0 aliphatic heterocycles. The third-order valence-corrected chi connectivity index (χ3v) is 3.97. The summed E-state index contributed by atoms with van der Waals surface area (Å²) >= 11 is 0. The second-order valence-corrected chi connectivity index (χ2v) is 5.56. The van der Waals surface area contributed by atoms with Crippen LogP contribution in [0.15, 0.2) is 42.6 Å². The van der Waals surface area contributed by atoms with Gasteiger partial charge in [0.05, 0.1) is 38.0 Å². The normalized spacial score (nSPS) is 10.4. The molecule has 2 N–H and O–H groups in total. The van der Waals surface area contributed by atoms with Crippen LogP contribution in [0.3, 0.4) is 0 Å². The molecule has 0 radical (unpaired) electrons. The summed E-state index contributed by atoms with van der Waals surface area (Å²) in [6.45, 7) is 0.145. The number of carbonyl (C=O) groups is 1. The third kappa shape index (κ3) is 3.66. The van der Waals surface area contributed by atoms with Gasteiger partial charge in [0.15, 0.2) is 11.5 Å². The predicted molar refractivity (Wildman–Crippen MR) is 101 cm³/mol. The van der Waals surface area contributed by atoms with Crippen molar-refractivity contribution in [2.24, 2.45) is 0 Å². The van der Waals surface area contributed by atoms with E-state index in [1.165, 1.54) is 0 Å². The van der Waals surface area contributed by atoms with Crippen molar-refractivity contribution in [2.75, 3.05) is 33.1 Å². The molecule has 2 aromatic carbocycles. The second-order valence-electron chi connectivity index (χ2n) is 5.56. The van der Waals surface area contributed by atoms with Crippen LogP contribution in [0.25, 0.3) is 22.2 Å². The highest BCUT2D eigenvalue weighted by atomic mass is 16.5. The molecule has 1 amide bonds. The number of hydrogen-bond donors (Lipinski definition) is 2. The lowest BCUT2D eigenvalue weighted by Crippen LogP contribution is -2.26. The van der Waals surface area contributed by atoms with Gasteiger partial charge in [-0.2, -0.15) is 0 Å². The Morgan fingerprint density at radius 2 is 1.73 bits per heavy atom. The van der Waals surface area contributed by atoms with Crippen LogP contribution in [-0.2, 0) is 4.79 Å². The highest BCUT2D eigenvalue weighted by Crippen LogP contribution is 2.33. The molecule has 3 rings (SSSR count). The topological polar surface area (TPSA) is 85.4 Å². The first-order valence-electron chi connectivity index (χ1n) is 8.08. The number of amides is 1. The van der Waals surface area contributed by atoms with Gasteiger partial charge in [0.25, 0.3) is 0 Å². The zero-order valence-corrected chi connectivity index (χ0v) is 14.9. The van der Waals surface area contributed by atoms with Gasteiger partial charge in [-0.3, -0.25) is 9.78 Å². The van der Waals surface area contributed by atoms with Crippen LogP contribution in [0.1, 0.15) is 0 Å². The van der Waals surface area contributed by atoms with Crippen molar-refractivity contribution in [3.63, 3.8) is 0 Å². The molecule has 0 saturated carbocycles. The van der Waals surface area contributed by atoms with E-state index in [-0.39, 0.29) is 12.5 Å². The molecular formula is C19H20N4O3. The summed E-state index contributed by atoms with van der Waals surface area (Å²) in [6, 6.07) is 11.6. The van der Waals surface area contributed by atoms with Gasteiger partial charge in [-0.25, -0.2) is 4.98 Å². The minimum Gasteiger partial charge on any atom is -0.493 e. The van der Waals surface area contributed by atoms with E-state index in [9.17, 15) is 4.79 Å². The molecule has 134 valence electrons. The number of aromatic nitrogens is 2. The third-order valence-electron chi connectivity index (χ3n) is 3.97. The SMILES string of the molecule is CNC(=O)CNc1cnc2ccc(-c3ccc(OC)c(OC)c3)cc2n1. The number of carbonyl (C=O) groups excluding carboxylic acids is 1. The molecule has 0 unspecified atom stereocenters. The van der Waals surface area contributed by atoms with E-state index in [0.29, 0.717) is 17.3 Å². The Balaban J connectivity index is 1.93. The molecule has 0 atom stereocenters. The van der Waals surface area contributed by atoms with Crippen LogP contribution in [0.5, 0.6) is 11.5 Å². The molecule has 1 aromatic heterocycles. The van der Waals surface area contributed by atoms with Crippen LogP contribution in [-0.4, -0.2) is 43.7 Å². The summed E-state index contributed by atoms with van der Waals surface area (Å²) in [5, 5.41) is 5.51. The van der Waals surface area contributed by atoms with Crippen LogP contribution in [0.4, 0.5) is 5.82 Å². The highest BCUT2D eigenvalue weighted by molar-refractivity contribution is 5.83. The highest BCUT2D eigenvalue weighted by Gasteiger charge is 2.08. The maximum Gasteiger partial charge on any atom is 0.239 e. The van der Waals surface area contributed by atoms with E-state index in [2.05, 4.69) is 20.6 Å². The Kier molecular flexibility index (Phi) is 5.17. The maximum atomic E-state index is 11.4. The quantitative estimate of drug-likeness (QED) is 0.709. The second kappa shape index (κ2) is 7.69. The molecule has 0 fully saturated rings. The molecule has 7 heteroatoms. The van der Waals surface area contributed by atoms with Crippen LogP contribution in [0.2, 0.25) is 0 Å². The van der Waals surface area contributed by atoms with Crippen molar-refractivity contribution >= 4 is 22.8 Å².